The lowest BCUT2D eigenvalue weighted by Gasteiger charge is -2.18. The van der Waals surface area contributed by atoms with Gasteiger partial charge in [0.2, 0.25) is 0 Å². The van der Waals surface area contributed by atoms with Gasteiger partial charge >= 0.3 is 0 Å². The van der Waals surface area contributed by atoms with Crippen LogP contribution in [-0.2, 0) is 0 Å². The normalized spacial score (nSPS) is 12.1. The van der Waals surface area contributed by atoms with E-state index in [2.05, 4.69) is 176 Å². The Labute approximate surface area is 334 Å². The monoisotopic (exact) mass is 730 g/mol. The van der Waals surface area contributed by atoms with Crippen LogP contribution < -0.4 is 11.5 Å². The van der Waals surface area contributed by atoms with Crippen molar-refractivity contribution in [3.8, 4) is 22.3 Å². The minimum Gasteiger partial charge on any atom is -0.398 e. The van der Waals surface area contributed by atoms with E-state index in [-0.39, 0.29) is 6.04 Å². The van der Waals surface area contributed by atoms with Crippen molar-refractivity contribution >= 4 is 54.4 Å². The largest absolute Gasteiger partial charge is 0.398 e. The smallest absolute Gasteiger partial charge is 0.0496 e. The van der Waals surface area contributed by atoms with Crippen LogP contribution in [-0.4, -0.2) is 0 Å². The lowest BCUT2D eigenvalue weighted by Crippen LogP contribution is -2.09. The first kappa shape index (κ1) is 35.4. The Balaban J connectivity index is 0.000000647. The molecule has 2 nitrogen and oxygen atoms in total. The molecule has 4 N–H and O–H groups in total. The second kappa shape index (κ2) is 15.8. The Bertz CT molecular complexity index is 2990. The molecule has 0 saturated carbocycles. The quantitative estimate of drug-likeness (QED) is 0.132. The van der Waals surface area contributed by atoms with Gasteiger partial charge in [-0.1, -0.05) is 206 Å². The van der Waals surface area contributed by atoms with E-state index < -0.39 is 0 Å². The lowest BCUT2D eigenvalue weighted by atomic mass is 9.86. The first-order chi connectivity index (χ1) is 28.1. The molecule has 1 unspecified atom stereocenters. The Morgan fingerprint density at radius 3 is 1.65 bits per heavy atom. The predicted molar refractivity (Wildman–Crippen MR) is 245 cm³/mol. The highest BCUT2D eigenvalue weighted by molar-refractivity contribution is 6.26. The number of anilines is 1. The van der Waals surface area contributed by atoms with Crippen LogP contribution in [0.1, 0.15) is 22.7 Å². The van der Waals surface area contributed by atoms with Gasteiger partial charge in [-0.2, -0.15) is 0 Å². The molecule has 10 rings (SSSR count). The van der Waals surface area contributed by atoms with Gasteiger partial charge in [0.25, 0.3) is 0 Å². The van der Waals surface area contributed by atoms with Gasteiger partial charge in [0.15, 0.2) is 0 Å². The first-order valence-electron chi connectivity index (χ1n) is 19.5. The Morgan fingerprint density at radius 2 is 0.930 bits per heavy atom. The molecule has 0 saturated heterocycles. The van der Waals surface area contributed by atoms with Crippen molar-refractivity contribution in [2.45, 2.75) is 6.04 Å². The maximum Gasteiger partial charge on any atom is 0.0496 e. The average molecular weight is 731 g/mol. The van der Waals surface area contributed by atoms with E-state index in [0.717, 1.165) is 44.6 Å². The molecular formula is C55H42N2. The summed E-state index contributed by atoms with van der Waals surface area (Å²) in [6, 6.07) is 76.4. The number of para-hydroxylation sites is 1. The zero-order chi connectivity index (χ0) is 38.6. The van der Waals surface area contributed by atoms with Crippen molar-refractivity contribution < 1.29 is 0 Å². The Kier molecular flexibility index (Phi) is 9.85. The van der Waals surface area contributed by atoms with Crippen LogP contribution in [0.3, 0.4) is 0 Å². The topological polar surface area (TPSA) is 52.0 Å². The lowest BCUT2D eigenvalue weighted by molar-refractivity contribution is 0.923. The van der Waals surface area contributed by atoms with Crippen LogP contribution >= 0.6 is 0 Å². The standard InChI is InChI=1S/C49H36N2.C6H6/c50-47-24-11-10-21-41(47)45-29-36-16-5-7-19-38(36)46-30-44(39-20-8-9-22-42(39)49(45)46)35-27-25-34(26-28-35)43(33-13-2-1-3-14-33)31-48(51)40-23-12-17-32-15-4-6-18-37(32)40;1-2-4-6-5-3-1/h1-31,48H,50-51H2;1-6H/b43-31-;. The molecule has 0 aliphatic rings. The number of nitrogen functional groups attached to an aromatic ring is 1. The summed E-state index contributed by atoms with van der Waals surface area (Å²) in [6.07, 6.45) is 2.21. The molecule has 0 aliphatic heterocycles. The molecule has 1 atom stereocenters. The second-order valence-corrected chi connectivity index (χ2v) is 14.4. The third-order valence-corrected chi connectivity index (χ3v) is 10.9. The number of rotatable bonds is 6. The van der Waals surface area contributed by atoms with E-state index in [1.807, 2.05) is 48.5 Å². The summed E-state index contributed by atoms with van der Waals surface area (Å²) in [6.45, 7) is 0. The van der Waals surface area contributed by atoms with Gasteiger partial charge in [-0.3, -0.25) is 0 Å². The average Bonchev–Trinajstić information content (AvgIpc) is 3.28. The molecule has 0 heterocycles. The predicted octanol–water partition coefficient (Wildman–Crippen LogP) is 14.0. The van der Waals surface area contributed by atoms with Crippen LogP contribution in [0.2, 0.25) is 0 Å². The summed E-state index contributed by atoms with van der Waals surface area (Å²) < 4.78 is 0. The van der Waals surface area contributed by atoms with Gasteiger partial charge in [-0.25, -0.2) is 0 Å². The van der Waals surface area contributed by atoms with E-state index in [4.69, 9.17) is 11.5 Å². The van der Waals surface area contributed by atoms with Crippen molar-refractivity contribution in [2.75, 3.05) is 5.73 Å². The van der Waals surface area contributed by atoms with Gasteiger partial charge in [0.05, 0.1) is 0 Å². The van der Waals surface area contributed by atoms with Gasteiger partial charge in [-0.05, 0) is 100 Å². The molecule has 10 aromatic carbocycles. The minimum atomic E-state index is -0.281. The van der Waals surface area contributed by atoms with Gasteiger partial charge in [-0.15, -0.1) is 0 Å². The van der Waals surface area contributed by atoms with Crippen LogP contribution in [0, 0.1) is 0 Å². The van der Waals surface area contributed by atoms with Crippen LogP contribution in [0.5, 0.6) is 0 Å². The maximum absolute atomic E-state index is 7.00. The van der Waals surface area contributed by atoms with Crippen LogP contribution in [0.15, 0.2) is 224 Å². The maximum atomic E-state index is 7.00. The second-order valence-electron chi connectivity index (χ2n) is 14.4. The summed E-state index contributed by atoms with van der Waals surface area (Å²) in [5, 5.41) is 9.66. The molecule has 0 aromatic heterocycles. The van der Waals surface area contributed by atoms with E-state index >= 15 is 0 Å². The summed E-state index contributed by atoms with van der Waals surface area (Å²) in [5.74, 6) is 0. The van der Waals surface area contributed by atoms with Gasteiger partial charge in [0.1, 0.15) is 0 Å². The van der Waals surface area contributed by atoms with Crippen LogP contribution in [0.4, 0.5) is 5.69 Å². The number of hydrogen-bond acceptors (Lipinski definition) is 2. The van der Waals surface area contributed by atoms with Crippen molar-refractivity contribution in [2.24, 2.45) is 5.73 Å². The minimum absolute atomic E-state index is 0.281. The molecule has 0 aliphatic carbocycles. The van der Waals surface area contributed by atoms with Crippen LogP contribution in [0.25, 0.3) is 70.9 Å². The zero-order valence-electron chi connectivity index (χ0n) is 31.6. The molecule has 10 aromatic rings. The van der Waals surface area contributed by atoms with Crippen molar-refractivity contribution in [1.29, 1.82) is 0 Å². The fraction of sp³-hybridized carbons (Fsp3) is 0.0182. The zero-order valence-corrected chi connectivity index (χ0v) is 31.6. The van der Waals surface area contributed by atoms with Crippen molar-refractivity contribution in [1.82, 2.24) is 0 Å². The third-order valence-electron chi connectivity index (χ3n) is 10.9. The van der Waals surface area contributed by atoms with E-state index in [0.29, 0.717) is 0 Å². The van der Waals surface area contributed by atoms with E-state index in [1.165, 1.54) is 48.7 Å². The number of fused-ring (bicyclic) bond motifs is 6. The molecule has 0 amide bonds. The fourth-order valence-corrected chi connectivity index (χ4v) is 8.17. The number of hydrogen-bond donors (Lipinski definition) is 2. The first-order valence-corrected chi connectivity index (χ1v) is 19.5. The molecule has 0 spiro atoms. The SMILES string of the molecule is Nc1ccccc1-c1cc2ccccc2c2cc(-c3ccc(/C(=C\C(N)c4cccc5ccccc45)c4ccccc4)cc3)c3ccccc3c12.c1ccccc1. The highest BCUT2D eigenvalue weighted by Gasteiger charge is 2.17. The Morgan fingerprint density at radius 1 is 0.386 bits per heavy atom. The molecule has 0 fully saturated rings. The van der Waals surface area contributed by atoms with E-state index in [9.17, 15) is 0 Å². The molecule has 272 valence electrons. The summed E-state index contributed by atoms with van der Waals surface area (Å²) >= 11 is 0. The van der Waals surface area contributed by atoms with Gasteiger partial charge in [0, 0.05) is 17.3 Å². The highest BCUT2D eigenvalue weighted by atomic mass is 14.6. The number of benzene rings is 10. The molecule has 2 heteroatoms. The van der Waals surface area contributed by atoms with Crippen molar-refractivity contribution in [3.05, 3.63) is 241 Å². The molecule has 57 heavy (non-hydrogen) atoms. The van der Waals surface area contributed by atoms with Crippen molar-refractivity contribution in [3.63, 3.8) is 0 Å². The molecule has 0 radical (unpaired) electrons. The molecule has 0 bridgehead atoms. The number of nitrogens with two attached hydrogens (primary N) is 2. The molecular weight excluding hydrogens is 689 g/mol. The highest BCUT2D eigenvalue weighted by Crippen LogP contribution is 2.44. The van der Waals surface area contributed by atoms with E-state index in [1.54, 1.807) is 0 Å². The summed E-state index contributed by atoms with van der Waals surface area (Å²) in [4.78, 5) is 0. The van der Waals surface area contributed by atoms with Gasteiger partial charge < -0.3 is 11.5 Å². The summed E-state index contributed by atoms with van der Waals surface area (Å²) in [7, 11) is 0. The fourth-order valence-electron chi connectivity index (χ4n) is 8.17. The Hall–Kier alpha value is -7.26. The third kappa shape index (κ3) is 7.07. The summed E-state index contributed by atoms with van der Waals surface area (Å²) in [5.41, 5.74) is 23.4.